The molecule has 0 bridgehead atoms. The van der Waals surface area contributed by atoms with Crippen molar-refractivity contribution in [2.75, 3.05) is 26.3 Å². The van der Waals surface area contributed by atoms with E-state index >= 15 is 0 Å². The summed E-state index contributed by atoms with van der Waals surface area (Å²) < 4.78 is 59.8. The van der Waals surface area contributed by atoms with E-state index in [1.807, 2.05) is 30.0 Å². The summed E-state index contributed by atoms with van der Waals surface area (Å²) in [7, 11) is 0. The molecule has 1 aliphatic carbocycles. The molecule has 45 heavy (non-hydrogen) atoms. The quantitative estimate of drug-likeness (QED) is 0.276. The Morgan fingerprint density at radius 2 is 1.78 bits per heavy atom. The summed E-state index contributed by atoms with van der Waals surface area (Å²) in [6.45, 7) is 4.63. The van der Waals surface area contributed by atoms with E-state index in [1.165, 1.54) is 0 Å². The number of amidine groups is 1. The van der Waals surface area contributed by atoms with Crippen LogP contribution in [0.2, 0.25) is 0 Å². The Bertz CT molecular complexity index is 1590. The maximum Gasteiger partial charge on any atom is 0.416 e. The number of hydrogen-bond donors (Lipinski definition) is 0. The lowest BCUT2D eigenvalue weighted by Crippen LogP contribution is -2.39. The van der Waals surface area contributed by atoms with Gasteiger partial charge in [0.2, 0.25) is 0 Å². The van der Waals surface area contributed by atoms with Crippen molar-refractivity contribution in [1.29, 1.82) is 0 Å². The van der Waals surface area contributed by atoms with Crippen molar-refractivity contribution >= 4 is 17.9 Å². The molecule has 3 aliphatic rings. The molecule has 0 radical (unpaired) electrons. The first-order chi connectivity index (χ1) is 21.6. The third-order valence-corrected chi connectivity index (χ3v) is 9.05. The van der Waals surface area contributed by atoms with Crippen molar-refractivity contribution in [3.63, 3.8) is 0 Å². The molecule has 2 heterocycles. The van der Waals surface area contributed by atoms with Crippen LogP contribution in [0, 0.1) is 25.7 Å². The molecule has 3 aromatic carbocycles. The van der Waals surface area contributed by atoms with Crippen LogP contribution < -0.4 is 0 Å². The monoisotopic (exact) mass is 620 g/mol. The van der Waals surface area contributed by atoms with Crippen molar-refractivity contribution in [1.82, 2.24) is 4.90 Å². The smallest absolute Gasteiger partial charge is 0.416 e. The maximum absolute atomic E-state index is 13.9. The fraction of sp³-hybridized carbons (Fsp3) is 0.400. The van der Waals surface area contributed by atoms with Crippen molar-refractivity contribution in [3.8, 4) is 0 Å². The number of nitrogens with zero attached hydrogens (tertiary/aromatic N) is 2. The zero-order chi connectivity index (χ0) is 31.7. The molecular formula is C35H35F3N2O5. The molecule has 2 fully saturated rings. The van der Waals surface area contributed by atoms with E-state index in [2.05, 4.69) is 11.1 Å². The summed E-state index contributed by atoms with van der Waals surface area (Å²) in [5, 5.41) is 0. The fourth-order valence-corrected chi connectivity index (χ4v) is 7.00. The summed E-state index contributed by atoms with van der Waals surface area (Å²) >= 11 is 0. The summed E-state index contributed by atoms with van der Waals surface area (Å²) in [6, 6.07) is 20.7. The molecule has 3 aromatic rings. The van der Waals surface area contributed by atoms with Crippen LogP contribution in [-0.2, 0) is 25.2 Å². The van der Waals surface area contributed by atoms with E-state index < -0.39 is 23.8 Å². The van der Waals surface area contributed by atoms with Crippen LogP contribution in [0.5, 0.6) is 0 Å². The van der Waals surface area contributed by atoms with Crippen LogP contribution in [0.1, 0.15) is 63.0 Å². The summed E-state index contributed by atoms with van der Waals surface area (Å²) in [6.07, 6.45) is -4.40. The lowest BCUT2D eigenvalue weighted by Gasteiger charge is -2.41. The Labute approximate surface area is 260 Å². The number of fused-ring (bicyclic) bond motifs is 1. The zero-order valence-electron chi connectivity index (χ0n) is 25.1. The molecular weight excluding hydrogens is 585 g/mol. The minimum absolute atomic E-state index is 0.0616. The minimum atomic E-state index is -4.55. The van der Waals surface area contributed by atoms with Gasteiger partial charge in [-0.25, -0.2) is 4.79 Å². The van der Waals surface area contributed by atoms with Crippen LogP contribution in [0.4, 0.5) is 13.2 Å². The largest absolute Gasteiger partial charge is 0.459 e. The molecule has 1 saturated heterocycles. The molecule has 1 amide bonds. The van der Waals surface area contributed by atoms with Crippen LogP contribution in [0.15, 0.2) is 77.8 Å². The van der Waals surface area contributed by atoms with E-state index in [9.17, 15) is 22.8 Å². The number of carbonyl (C=O) groups is 2. The van der Waals surface area contributed by atoms with Gasteiger partial charge in [-0.05, 0) is 79.5 Å². The van der Waals surface area contributed by atoms with Crippen molar-refractivity contribution in [2.45, 2.75) is 51.0 Å². The predicted octanol–water partition coefficient (Wildman–Crippen LogP) is 6.64. The molecule has 5 atom stereocenters. The molecule has 0 unspecified atom stereocenters. The summed E-state index contributed by atoms with van der Waals surface area (Å²) in [5.41, 5.74) is 2.48. The van der Waals surface area contributed by atoms with E-state index in [4.69, 9.17) is 14.2 Å². The Kier molecular flexibility index (Phi) is 8.68. The number of ether oxygens (including phenoxy) is 3. The first-order valence-corrected chi connectivity index (χ1v) is 15.2. The van der Waals surface area contributed by atoms with Gasteiger partial charge < -0.3 is 19.1 Å². The summed E-state index contributed by atoms with van der Waals surface area (Å²) in [4.78, 5) is 30.8. The Hall–Kier alpha value is -4.18. The Morgan fingerprint density at radius 1 is 1.02 bits per heavy atom. The van der Waals surface area contributed by atoms with Crippen LogP contribution in [0.3, 0.4) is 0 Å². The number of likely N-dealkylation sites (tertiary alicyclic amines) is 1. The van der Waals surface area contributed by atoms with Crippen molar-refractivity contribution < 1.29 is 37.0 Å². The molecule has 2 aliphatic heterocycles. The number of rotatable bonds is 7. The minimum Gasteiger partial charge on any atom is -0.459 e. The van der Waals surface area contributed by atoms with Gasteiger partial charge in [0.15, 0.2) is 6.61 Å². The average Bonchev–Trinajstić information content (AvgIpc) is 3.65. The van der Waals surface area contributed by atoms with Crippen LogP contribution in [0.25, 0.3) is 0 Å². The predicted molar refractivity (Wildman–Crippen MR) is 161 cm³/mol. The lowest BCUT2D eigenvalue weighted by molar-refractivity contribution is -0.138. The highest BCUT2D eigenvalue weighted by atomic mass is 19.4. The topological polar surface area (TPSA) is 77.4 Å². The van der Waals surface area contributed by atoms with Crippen molar-refractivity contribution in [2.24, 2.45) is 16.8 Å². The molecule has 7 nitrogen and oxygen atoms in total. The van der Waals surface area contributed by atoms with Gasteiger partial charge in [-0.15, -0.1) is 0 Å². The summed E-state index contributed by atoms with van der Waals surface area (Å²) in [5.74, 6) is -0.595. The molecule has 0 N–H and O–H groups in total. The first-order valence-electron chi connectivity index (χ1n) is 15.2. The van der Waals surface area contributed by atoms with Gasteiger partial charge in [0.25, 0.3) is 11.9 Å². The SMILES string of the molecule is Cc1cc([C@@H](COC(=O)c2ccccc2)O[C@H]2CC[C@@H]3CN(C4=NC(=O)CO4)C[C@H]3[C@@H]2c2ccccc2C)cc(C(F)(F)F)c1. The Morgan fingerprint density at radius 3 is 2.49 bits per heavy atom. The highest BCUT2D eigenvalue weighted by molar-refractivity contribution is 5.96. The van der Waals surface area contributed by atoms with Gasteiger partial charge in [0.05, 0.1) is 17.2 Å². The second-order valence-corrected chi connectivity index (χ2v) is 12.1. The number of aliphatic imine (C=N–C) groups is 1. The third-order valence-electron chi connectivity index (χ3n) is 9.05. The highest BCUT2D eigenvalue weighted by Crippen LogP contribution is 2.49. The number of amides is 1. The molecule has 0 aromatic heterocycles. The van der Waals surface area contributed by atoms with Crippen molar-refractivity contribution in [3.05, 3.63) is 106 Å². The van der Waals surface area contributed by atoms with E-state index in [0.29, 0.717) is 42.2 Å². The van der Waals surface area contributed by atoms with Gasteiger partial charge in [-0.2, -0.15) is 18.2 Å². The average molecular weight is 621 g/mol. The molecule has 10 heteroatoms. The standard InChI is InChI=1S/C35H35F3N2O5/c1-21-14-25(16-26(15-21)35(36,37)38)30(19-43-33(42)23-9-4-3-5-10-23)45-29-13-12-24-17-40(34-39-31(41)20-44-34)18-28(24)32(29)27-11-7-6-8-22(27)2/h3-11,14-16,24,28-30,32H,12-13,17-20H2,1-2H3/t24-,28-,29+,30-,32+/m1/s1. The maximum atomic E-state index is 13.9. The van der Waals surface area contributed by atoms with Gasteiger partial charge in [-0.3, -0.25) is 4.79 Å². The van der Waals surface area contributed by atoms with Crippen LogP contribution >= 0.6 is 0 Å². The van der Waals surface area contributed by atoms with Gasteiger partial charge in [0, 0.05) is 19.0 Å². The number of alkyl halides is 3. The zero-order valence-corrected chi connectivity index (χ0v) is 25.1. The number of carbonyl (C=O) groups excluding carboxylic acids is 2. The Balaban J connectivity index is 1.33. The number of halogens is 3. The molecule has 236 valence electrons. The normalized spacial score (nSPS) is 23.7. The lowest BCUT2D eigenvalue weighted by atomic mass is 9.68. The second-order valence-electron chi connectivity index (χ2n) is 12.1. The highest BCUT2D eigenvalue weighted by Gasteiger charge is 2.48. The molecule has 0 spiro atoms. The van der Waals surface area contributed by atoms with Gasteiger partial charge in [-0.1, -0.05) is 54.1 Å². The number of aryl methyl sites for hydroxylation is 2. The molecule has 1 saturated carbocycles. The fourth-order valence-electron chi connectivity index (χ4n) is 7.00. The molecule has 6 rings (SSSR count). The number of hydrogen-bond acceptors (Lipinski definition) is 6. The third kappa shape index (κ3) is 6.76. The van der Waals surface area contributed by atoms with E-state index in [-0.39, 0.29) is 43.0 Å². The van der Waals surface area contributed by atoms with Gasteiger partial charge in [0.1, 0.15) is 12.7 Å². The second kappa shape index (κ2) is 12.7. The first kappa shape index (κ1) is 30.8. The number of benzene rings is 3. The van der Waals surface area contributed by atoms with Gasteiger partial charge >= 0.3 is 12.1 Å². The van der Waals surface area contributed by atoms with E-state index in [1.54, 1.807) is 43.3 Å². The van der Waals surface area contributed by atoms with E-state index in [0.717, 1.165) is 29.7 Å². The van der Waals surface area contributed by atoms with Crippen LogP contribution in [-0.4, -0.2) is 55.2 Å². The number of esters is 1.